The molecule has 7 nitrogen and oxygen atoms in total. The molecule has 0 saturated carbocycles. The molecule has 0 spiro atoms. The van der Waals surface area contributed by atoms with Crippen LogP contribution in [-0.4, -0.2) is 50.4 Å². The minimum atomic E-state index is -1.06. The Hall–Kier alpha value is -3.06. The summed E-state index contributed by atoms with van der Waals surface area (Å²) in [5.41, 5.74) is 2.06. The van der Waals surface area contributed by atoms with Gasteiger partial charge in [0.15, 0.2) is 0 Å². The molecule has 2 aromatic rings. The Morgan fingerprint density at radius 2 is 1.73 bits per heavy atom. The molecule has 1 aliphatic heterocycles. The lowest BCUT2D eigenvalue weighted by Gasteiger charge is -2.28. The monoisotopic (exact) mass is 356 g/mol. The van der Waals surface area contributed by atoms with Crippen molar-refractivity contribution in [1.29, 1.82) is 0 Å². The molecule has 0 atom stereocenters. The first kappa shape index (κ1) is 17.8. The van der Waals surface area contributed by atoms with Crippen LogP contribution < -0.4 is 15.0 Å². The zero-order chi connectivity index (χ0) is 18.5. The topological polar surface area (TPSA) is 88.1 Å². The number of amides is 1. The summed E-state index contributed by atoms with van der Waals surface area (Å²) in [6.45, 7) is 3.07. The van der Waals surface area contributed by atoms with Gasteiger partial charge in [-0.1, -0.05) is 0 Å². The van der Waals surface area contributed by atoms with Crippen LogP contribution in [0.1, 0.15) is 20.7 Å². The third kappa shape index (κ3) is 3.94. The van der Waals surface area contributed by atoms with Crippen molar-refractivity contribution in [1.82, 2.24) is 0 Å². The predicted octanol–water partition coefficient (Wildman–Crippen LogP) is 2.48. The van der Waals surface area contributed by atoms with E-state index in [0.717, 1.165) is 18.8 Å². The first-order valence-corrected chi connectivity index (χ1v) is 8.24. The fraction of sp³-hybridized carbons (Fsp3) is 0.263. The first-order chi connectivity index (χ1) is 12.6. The average molecular weight is 356 g/mol. The Bertz CT molecular complexity index is 798. The number of hydrogen-bond acceptors (Lipinski definition) is 5. The summed E-state index contributed by atoms with van der Waals surface area (Å²) in [6, 6.07) is 11.6. The average Bonchev–Trinajstić information content (AvgIpc) is 2.69. The molecule has 0 unspecified atom stereocenters. The molecule has 1 aliphatic rings. The zero-order valence-electron chi connectivity index (χ0n) is 14.4. The number of benzene rings is 2. The highest BCUT2D eigenvalue weighted by atomic mass is 16.5. The molecule has 1 saturated heterocycles. The van der Waals surface area contributed by atoms with E-state index in [0.29, 0.717) is 30.2 Å². The lowest BCUT2D eigenvalue weighted by atomic mass is 10.1. The van der Waals surface area contributed by atoms with Gasteiger partial charge >= 0.3 is 5.97 Å². The summed E-state index contributed by atoms with van der Waals surface area (Å²) in [5, 5.41) is 11.8. The van der Waals surface area contributed by atoms with E-state index in [2.05, 4.69) is 10.2 Å². The van der Waals surface area contributed by atoms with Crippen LogP contribution in [-0.2, 0) is 4.74 Å². The van der Waals surface area contributed by atoms with Crippen LogP contribution in [0.15, 0.2) is 42.5 Å². The van der Waals surface area contributed by atoms with Crippen LogP contribution >= 0.6 is 0 Å². The second-order valence-corrected chi connectivity index (χ2v) is 5.82. The Morgan fingerprint density at radius 1 is 1.08 bits per heavy atom. The van der Waals surface area contributed by atoms with E-state index in [4.69, 9.17) is 14.6 Å². The molecule has 2 N–H and O–H groups in total. The summed E-state index contributed by atoms with van der Waals surface area (Å²) in [4.78, 5) is 25.7. The van der Waals surface area contributed by atoms with Crippen LogP contribution in [0.5, 0.6) is 5.75 Å². The van der Waals surface area contributed by atoms with E-state index in [-0.39, 0.29) is 11.5 Å². The quantitative estimate of drug-likeness (QED) is 0.856. The number of rotatable bonds is 5. The number of nitrogens with one attached hydrogen (secondary N) is 1. The number of anilines is 2. The number of carbonyl (C=O) groups excluding carboxylic acids is 1. The highest BCUT2D eigenvalue weighted by Crippen LogP contribution is 2.26. The maximum Gasteiger partial charge on any atom is 0.335 e. The first-order valence-electron chi connectivity index (χ1n) is 8.24. The van der Waals surface area contributed by atoms with Gasteiger partial charge in [-0.25, -0.2) is 4.79 Å². The van der Waals surface area contributed by atoms with Gasteiger partial charge in [0.05, 0.1) is 31.6 Å². The second-order valence-electron chi connectivity index (χ2n) is 5.82. The Balaban J connectivity index is 1.72. The second kappa shape index (κ2) is 7.88. The molecular weight excluding hydrogens is 336 g/mol. The normalized spacial score (nSPS) is 14.0. The van der Waals surface area contributed by atoms with Gasteiger partial charge in [-0.05, 0) is 42.5 Å². The molecule has 7 heteroatoms. The van der Waals surface area contributed by atoms with Crippen LogP contribution in [0.4, 0.5) is 11.4 Å². The summed E-state index contributed by atoms with van der Waals surface area (Å²) in [6.07, 6.45) is 0. The zero-order valence-corrected chi connectivity index (χ0v) is 14.4. The van der Waals surface area contributed by atoms with Crippen molar-refractivity contribution in [3.63, 3.8) is 0 Å². The van der Waals surface area contributed by atoms with Crippen LogP contribution in [0.25, 0.3) is 0 Å². The summed E-state index contributed by atoms with van der Waals surface area (Å²) < 4.78 is 10.5. The van der Waals surface area contributed by atoms with Gasteiger partial charge in [0.25, 0.3) is 5.91 Å². The third-order valence-electron chi connectivity index (χ3n) is 4.20. The smallest absolute Gasteiger partial charge is 0.335 e. The van der Waals surface area contributed by atoms with Gasteiger partial charge in [0.2, 0.25) is 0 Å². The predicted molar refractivity (Wildman–Crippen MR) is 97.4 cm³/mol. The van der Waals surface area contributed by atoms with Crippen molar-refractivity contribution in [3.05, 3.63) is 53.6 Å². The number of nitrogens with zero attached hydrogens (tertiary/aromatic N) is 1. The lowest BCUT2D eigenvalue weighted by Crippen LogP contribution is -2.36. The number of carboxylic acid groups (broad SMARTS) is 1. The molecule has 1 amide bonds. The summed E-state index contributed by atoms with van der Waals surface area (Å²) in [5.74, 6) is -1.05. The molecule has 136 valence electrons. The van der Waals surface area contributed by atoms with Gasteiger partial charge < -0.3 is 24.8 Å². The number of ether oxygens (including phenoxy) is 2. The lowest BCUT2D eigenvalue weighted by molar-refractivity contribution is 0.0696. The molecular formula is C19H20N2O5. The molecule has 0 aromatic heterocycles. The SMILES string of the molecule is COc1cc(C(=O)O)ccc1NC(=O)c1ccc(N2CCOCC2)cc1. The van der Waals surface area contributed by atoms with Gasteiger partial charge in [-0.2, -0.15) is 0 Å². The molecule has 26 heavy (non-hydrogen) atoms. The van der Waals surface area contributed by atoms with Crippen molar-refractivity contribution >= 4 is 23.3 Å². The van der Waals surface area contributed by atoms with Gasteiger partial charge in [0, 0.05) is 24.3 Å². The summed E-state index contributed by atoms with van der Waals surface area (Å²) in [7, 11) is 1.42. The minimum absolute atomic E-state index is 0.0923. The van der Waals surface area contributed by atoms with E-state index in [1.165, 1.54) is 25.3 Å². The van der Waals surface area contributed by atoms with Crippen molar-refractivity contribution in [2.45, 2.75) is 0 Å². The van der Waals surface area contributed by atoms with Gasteiger partial charge in [-0.15, -0.1) is 0 Å². The standard InChI is InChI=1S/C19H20N2O5/c1-25-17-12-14(19(23)24)4-7-16(17)20-18(22)13-2-5-15(6-3-13)21-8-10-26-11-9-21/h2-7,12H,8-11H2,1H3,(H,20,22)(H,23,24). The molecule has 2 aromatic carbocycles. The molecule has 0 radical (unpaired) electrons. The number of carboxylic acids is 1. The van der Waals surface area contributed by atoms with E-state index < -0.39 is 5.97 Å². The Morgan fingerprint density at radius 3 is 2.35 bits per heavy atom. The van der Waals surface area contributed by atoms with Crippen LogP contribution in [0.3, 0.4) is 0 Å². The van der Waals surface area contributed by atoms with Crippen molar-refractivity contribution in [3.8, 4) is 5.75 Å². The van der Waals surface area contributed by atoms with Gasteiger partial charge in [0.1, 0.15) is 5.75 Å². The van der Waals surface area contributed by atoms with E-state index in [9.17, 15) is 9.59 Å². The Labute approximate surface area is 151 Å². The van der Waals surface area contributed by atoms with E-state index in [1.54, 1.807) is 12.1 Å². The number of aromatic carboxylic acids is 1. The molecule has 0 aliphatic carbocycles. The molecule has 1 heterocycles. The van der Waals surface area contributed by atoms with Crippen molar-refractivity contribution in [2.75, 3.05) is 43.6 Å². The maximum atomic E-state index is 12.5. The molecule has 3 rings (SSSR count). The fourth-order valence-corrected chi connectivity index (χ4v) is 2.77. The van der Waals surface area contributed by atoms with E-state index in [1.807, 2.05) is 12.1 Å². The maximum absolute atomic E-state index is 12.5. The number of carbonyl (C=O) groups is 2. The summed E-state index contributed by atoms with van der Waals surface area (Å²) >= 11 is 0. The number of hydrogen-bond donors (Lipinski definition) is 2. The Kier molecular flexibility index (Phi) is 5.38. The number of methoxy groups -OCH3 is 1. The van der Waals surface area contributed by atoms with Crippen molar-refractivity contribution in [2.24, 2.45) is 0 Å². The molecule has 1 fully saturated rings. The van der Waals surface area contributed by atoms with E-state index >= 15 is 0 Å². The minimum Gasteiger partial charge on any atom is -0.495 e. The highest BCUT2D eigenvalue weighted by Gasteiger charge is 2.14. The third-order valence-corrected chi connectivity index (χ3v) is 4.20. The van der Waals surface area contributed by atoms with Crippen LogP contribution in [0.2, 0.25) is 0 Å². The number of morpholine rings is 1. The molecule has 0 bridgehead atoms. The van der Waals surface area contributed by atoms with Crippen LogP contribution in [0, 0.1) is 0 Å². The fourth-order valence-electron chi connectivity index (χ4n) is 2.77. The van der Waals surface area contributed by atoms with Crippen molar-refractivity contribution < 1.29 is 24.2 Å². The highest BCUT2D eigenvalue weighted by molar-refractivity contribution is 6.05. The van der Waals surface area contributed by atoms with Gasteiger partial charge in [-0.3, -0.25) is 4.79 Å². The largest absolute Gasteiger partial charge is 0.495 e.